The standard InChI is InChI=1S/C22H26ClN3O5S/c1-16-2-3-17(14-20(16)23)24-22(27)19-15-18(32(28,29)26-8-12-31-13-9-26)4-5-21(19)25-6-10-30-11-7-25/h2-5,14-15H,6-13H2,1H3,(H,24,27). The summed E-state index contributed by atoms with van der Waals surface area (Å²) in [4.78, 5) is 15.4. The molecule has 2 aliphatic heterocycles. The molecule has 172 valence electrons. The molecule has 0 atom stereocenters. The van der Waals surface area contributed by atoms with E-state index in [1.165, 1.54) is 10.4 Å². The first-order chi connectivity index (χ1) is 15.4. The van der Waals surface area contributed by atoms with Crippen LogP contribution in [-0.2, 0) is 19.5 Å². The van der Waals surface area contributed by atoms with Crippen LogP contribution < -0.4 is 10.2 Å². The van der Waals surface area contributed by atoms with Crippen molar-refractivity contribution >= 4 is 38.9 Å². The van der Waals surface area contributed by atoms with Crippen LogP contribution in [0.3, 0.4) is 0 Å². The molecule has 32 heavy (non-hydrogen) atoms. The summed E-state index contributed by atoms with van der Waals surface area (Å²) >= 11 is 6.20. The number of sulfonamides is 1. The van der Waals surface area contributed by atoms with Gasteiger partial charge >= 0.3 is 0 Å². The van der Waals surface area contributed by atoms with E-state index in [4.69, 9.17) is 21.1 Å². The number of amides is 1. The predicted molar refractivity (Wildman–Crippen MR) is 123 cm³/mol. The second kappa shape index (κ2) is 9.76. The van der Waals surface area contributed by atoms with Crippen LogP contribution in [0.5, 0.6) is 0 Å². The molecule has 10 heteroatoms. The average molecular weight is 480 g/mol. The van der Waals surface area contributed by atoms with E-state index in [2.05, 4.69) is 5.32 Å². The second-order valence-electron chi connectivity index (χ2n) is 7.71. The normalized spacial score (nSPS) is 17.9. The lowest BCUT2D eigenvalue weighted by Gasteiger charge is -2.31. The largest absolute Gasteiger partial charge is 0.379 e. The summed E-state index contributed by atoms with van der Waals surface area (Å²) in [5.41, 5.74) is 2.40. The van der Waals surface area contributed by atoms with Gasteiger partial charge in [-0.25, -0.2) is 8.42 Å². The quantitative estimate of drug-likeness (QED) is 0.709. The Morgan fingerprint density at radius 1 is 0.969 bits per heavy atom. The van der Waals surface area contributed by atoms with E-state index in [0.717, 1.165) is 5.56 Å². The number of halogens is 1. The topological polar surface area (TPSA) is 88.2 Å². The number of morpholine rings is 2. The molecular formula is C22H26ClN3O5S. The summed E-state index contributed by atoms with van der Waals surface area (Å²) in [6, 6.07) is 9.99. The zero-order chi connectivity index (χ0) is 22.7. The van der Waals surface area contributed by atoms with Crippen LogP contribution in [0.1, 0.15) is 15.9 Å². The molecule has 2 saturated heterocycles. The maximum Gasteiger partial charge on any atom is 0.257 e. The molecular weight excluding hydrogens is 454 g/mol. The van der Waals surface area contributed by atoms with Gasteiger partial charge in [-0.3, -0.25) is 4.79 Å². The minimum Gasteiger partial charge on any atom is -0.379 e. The smallest absolute Gasteiger partial charge is 0.257 e. The molecule has 2 heterocycles. The van der Waals surface area contributed by atoms with Crippen molar-refractivity contribution in [3.05, 3.63) is 52.5 Å². The van der Waals surface area contributed by atoms with Gasteiger partial charge in [0.2, 0.25) is 10.0 Å². The molecule has 2 aromatic rings. The van der Waals surface area contributed by atoms with Crippen molar-refractivity contribution < 1.29 is 22.7 Å². The summed E-state index contributed by atoms with van der Waals surface area (Å²) in [5, 5.41) is 3.40. The van der Waals surface area contributed by atoms with Crippen molar-refractivity contribution in [2.75, 3.05) is 62.8 Å². The Morgan fingerprint density at radius 3 is 2.28 bits per heavy atom. The van der Waals surface area contributed by atoms with Crippen molar-refractivity contribution in [1.29, 1.82) is 0 Å². The molecule has 2 aromatic carbocycles. The fourth-order valence-electron chi connectivity index (χ4n) is 3.74. The van der Waals surface area contributed by atoms with Crippen LogP contribution in [-0.4, -0.2) is 71.2 Å². The summed E-state index contributed by atoms with van der Waals surface area (Å²) in [5.74, 6) is -0.398. The number of aryl methyl sites for hydroxylation is 1. The molecule has 0 aromatic heterocycles. The summed E-state index contributed by atoms with van der Waals surface area (Å²) in [6.45, 7) is 5.49. The molecule has 2 aliphatic rings. The van der Waals surface area contributed by atoms with Gasteiger partial charge in [-0.05, 0) is 42.8 Å². The van der Waals surface area contributed by atoms with E-state index in [-0.39, 0.29) is 23.5 Å². The number of rotatable bonds is 5. The van der Waals surface area contributed by atoms with Gasteiger partial charge in [0.15, 0.2) is 0 Å². The second-order valence-corrected chi connectivity index (χ2v) is 10.1. The fraction of sp³-hybridized carbons (Fsp3) is 0.409. The van der Waals surface area contributed by atoms with Crippen molar-refractivity contribution in [3.63, 3.8) is 0 Å². The van der Waals surface area contributed by atoms with Gasteiger partial charge in [-0.1, -0.05) is 17.7 Å². The van der Waals surface area contributed by atoms with Crippen molar-refractivity contribution in [2.24, 2.45) is 0 Å². The van der Waals surface area contributed by atoms with Crippen molar-refractivity contribution in [1.82, 2.24) is 4.31 Å². The SMILES string of the molecule is Cc1ccc(NC(=O)c2cc(S(=O)(=O)N3CCOCC3)ccc2N2CCOCC2)cc1Cl. The van der Waals surface area contributed by atoms with Gasteiger partial charge in [0.05, 0.1) is 36.9 Å². The van der Waals surface area contributed by atoms with Gasteiger partial charge in [0.1, 0.15) is 0 Å². The molecule has 0 unspecified atom stereocenters. The van der Waals surface area contributed by atoms with Crippen LogP contribution in [0.4, 0.5) is 11.4 Å². The monoisotopic (exact) mass is 479 g/mol. The number of anilines is 2. The minimum absolute atomic E-state index is 0.0866. The van der Waals surface area contributed by atoms with Gasteiger partial charge in [0.25, 0.3) is 5.91 Å². The number of ether oxygens (including phenoxy) is 2. The van der Waals surface area contributed by atoms with E-state index in [9.17, 15) is 13.2 Å². The molecule has 0 spiro atoms. The third-order valence-corrected chi connectivity index (χ3v) is 7.90. The zero-order valence-electron chi connectivity index (χ0n) is 17.8. The first-order valence-corrected chi connectivity index (χ1v) is 12.3. The third kappa shape index (κ3) is 4.92. The first kappa shape index (κ1) is 23.0. The molecule has 1 N–H and O–H groups in total. The van der Waals surface area contributed by atoms with Gasteiger partial charge < -0.3 is 19.7 Å². The fourth-order valence-corrected chi connectivity index (χ4v) is 5.36. The highest BCUT2D eigenvalue weighted by Crippen LogP contribution is 2.28. The molecule has 2 fully saturated rings. The Bertz CT molecular complexity index is 1100. The number of carbonyl (C=O) groups is 1. The maximum absolute atomic E-state index is 13.3. The van der Waals surface area contributed by atoms with E-state index in [1.807, 2.05) is 17.9 Å². The van der Waals surface area contributed by atoms with Crippen molar-refractivity contribution in [2.45, 2.75) is 11.8 Å². The highest BCUT2D eigenvalue weighted by atomic mass is 35.5. The molecule has 0 radical (unpaired) electrons. The Labute approximate surface area is 193 Å². The molecule has 0 aliphatic carbocycles. The Balaban J connectivity index is 1.70. The van der Waals surface area contributed by atoms with E-state index in [1.54, 1.807) is 24.3 Å². The molecule has 0 bridgehead atoms. The number of nitrogens with one attached hydrogen (secondary N) is 1. The predicted octanol–water partition coefficient (Wildman–Crippen LogP) is 2.76. The summed E-state index contributed by atoms with van der Waals surface area (Å²) < 4.78 is 38.4. The molecule has 1 amide bonds. The lowest BCUT2D eigenvalue weighted by molar-refractivity contribution is 0.0730. The van der Waals surface area contributed by atoms with Crippen LogP contribution in [0.15, 0.2) is 41.3 Å². The van der Waals surface area contributed by atoms with Crippen molar-refractivity contribution in [3.8, 4) is 0 Å². The number of carbonyl (C=O) groups excluding carboxylic acids is 1. The lowest BCUT2D eigenvalue weighted by atomic mass is 10.1. The summed E-state index contributed by atoms with van der Waals surface area (Å²) in [7, 11) is -3.74. The zero-order valence-corrected chi connectivity index (χ0v) is 19.4. The van der Waals surface area contributed by atoms with Gasteiger partial charge in [-0.2, -0.15) is 4.31 Å². The number of benzene rings is 2. The Kier molecular flexibility index (Phi) is 7.02. The number of nitrogens with zero attached hydrogens (tertiary/aromatic N) is 2. The van der Waals surface area contributed by atoms with Gasteiger partial charge in [0, 0.05) is 42.6 Å². The highest BCUT2D eigenvalue weighted by Gasteiger charge is 2.29. The van der Waals surface area contributed by atoms with E-state index < -0.39 is 15.9 Å². The summed E-state index contributed by atoms with van der Waals surface area (Å²) in [6.07, 6.45) is 0. The number of hydrogen-bond acceptors (Lipinski definition) is 6. The third-order valence-electron chi connectivity index (χ3n) is 5.60. The minimum atomic E-state index is -3.74. The van der Waals surface area contributed by atoms with Gasteiger partial charge in [-0.15, -0.1) is 0 Å². The highest BCUT2D eigenvalue weighted by molar-refractivity contribution is 7.89. The Hall–Kier alpha value is -2.17. The van der Waals surface area contributed by atoms with Crippen LogP contribution >= 0.6 is 11.6 Å². The number of hydrogen-bond donors (Lipinski definition) is 1. The average Bonchev–Trinajstić information content (AvgIpc) is 2.82. The molecule has 4 rings (SSSR count). The molecule has 8 nitrogen and oxygen atoms in total. The Morgan fingerprint density at radius 2 is 1.62 bits per heavy atom. The maximum atomic E-state index is 13.3. The van der Waals surface area contributed by atoms with Crippen LogP contribution in [0, 0.1) is 6.92 Å². The first-order valence-electron chi connectivity index (χ1n) is 10.5. The molecule has 0 saturated carbocycles. The van der Waals surface area contributed by atoms with Crippen LogP contribution in [0.25, 0.3) is 0 Å². The van der Waals surface area contributed by atoms with E-state index >= 15 is 0 Å². The lowest BCUT2D eigenvalue weighted by Crippen LogP contribution is -2.41. The van der Waals surface area contributed by atoms with E-state index in [0.29, 0.717) is 55.9 Å². The van der Waals surface area contributed by atoms with Crippen LogP contribution in [0.2, 0.25) is 5.02 Å².